The molecule has 1 aromatic carbocycles. The molecule has 0 aromatic heterocycles. The fourth-order valence-corrected chi connectivity index (χ4v) is 2.49. The van der Waals surface area contributed by atoms with Crippen LogP contribution < -0.4 is 4.74 Å². The van der Waals surface area contributed by atoms with Crippen molar-refractivity contribution in [2.45, 2.75) is 26.2 Å². The van der Waals surface area contributed by atoms with Crippen molar-refractivity contribution < 1.29 is 4.74 Å². The number of hydrogen-bond donors (Lipinski definition) is 1. The second-order valence-corrected chi connectivity index (χ2v) is 5.43. The van der Waals surface area contributed by atoms with Gasteiger partial charge in [0.25, 0.3) is 0 Å². The third-order valence-electron chi connectivity index (χ3n) is 3.42. The van der Waals surface area contributed by atoms with E-state index in [-0.39, 0.29) is 0 Å². The van der Waals surface area contributed by atoms with Crippen molar-refractivity contribution in [3.63, 3.8) is 0 Å². The van der Waals surface area contributed by atoms with Crippen LogP contribution in [0.25, 0.3) is 0 Å². The number of benzene rings is 1. The fourth-order valence-electron chi connectivity index (χ4n) is 1.97. The second kappa shape index (κ2) is 4.89. The Balaban J connectivity index is 1.96. The molecule has 0 unspecified atom stereocenters. The molecule has 0 radical (unpaired) electrons. The molecule has 1 aliphatic rings. The molecule has 1 fully saturated rings. The van der Waals surface area contributed by atoms with Gasteiger partial charge in [-0.05, 0) is 49.3 Å². The monoisotopic (exact) mass is 256 g/mol. The average molecular weight is 257 g/mol. The van der Waals surface area contributed by atoms with E-state index in [1.165, 1.54) is 19.3 Å². The van der Waals surface area contributed by atoms with E-state index >= 15 is 0 Å². The highest BCUT2D eigenvalue weighted by Gasteiger charge is 2.36. The molecule has 3 heteroatoms. The fraction of sp³-hybridized carbons (Fsp3) is 0.538. The van der Waals surface area contributed by atoms with E-state index in [0.717, 1.165) is 28.7 Å². The maximum atomic E-state index is 5.97. The van der Waals surface area contributed by atoms with E-state index < -0.39 is 0 Å². The zero-order valence-corrected chi connectivity index (χ0v) is 11.2. The van der Waals surface area contributed by atoms with Crippen molar-refractivity contribution in [1.29, 1.82) is 0 Å². The van der Waals surface area contributed by atoms with Gasteiger partial charge < -0.3 is 4.74 Å². The van der Waals surface area contributed by atoms with Crippen LogP contribution in [0.2, 0.25) is 5.02 Å². The van der Waals surface area contributed by atoms with Crippen LogP contribution in [0.5, 0.6) is 5.75 Å². The maximum Gasteiger partial charge on any atom is 0.119 e. The first kappa shape index (κ1) is 12.1. The molecule has 1 saturated carbocycles. The van der Waals surface area contributed by atoms with Gasteiger partial charge >= 0.3 is 0 Å². The Bertz CT molecular complexity index is 369. The smallest absolute Gasteiger partial charge is 0.119 e. The van der Waals surface area contributed by atoms with Gasteiger partial charge in [0.15, 0.2) is 0 Å². The summed E-state index contributed by atoms with van der Waals surface area (Å²) in [6.45, 7) is 2.77. The van der Waals surface area contributed by atoms with Crippen LogP contribution in [0.4, 0.5) is 0 Å². The van der Waals surface area contributed by atoms with Crippen molar-refractivity contribution in [3.05, 3.63) is 28.8 Å². The van der Waals surface area contributed by atoms with Crippen LogP contribution in [0, 0.1) is 12.3 Å². The molecule has 1 nitrogen and oxygen atoms in total. The molecule has 88 valence electrons. The molecule has 0 N–H and O–H groups in total. The van der Waals surface area contributed by atoms with Gasteiger partial charge in [-0.15, -0.1) is 0 Å². The van der Waals surface area contributed by atoms with Gasteiger partial charge in [0.2, 0.25) is 0 Å². The third-order valence-corrected chi connectivity index (χ3v) is 4.52. The highest BCUT2D eigenvalue weighted by Crippen LogP contribution is 2.42. The first-order chi connectivity index (χ1) is 7.65. The maximum absolute atomic E-state index is 5.97. The molecule has 0 saturated heterocycles. The molecule has 1 aliphatic carbocycles. The molecule has 0 amide bonds. The lowest BCUT2D eigenvalue weighted by atomic mass is 9.71. The van der Waals surface area contributed by atoms with Crippen molar-refractivity contribution >= 4 is 24.2 Å². The van der Waals surface area contributed by atoms with Gasteiger partial charge in [-0.3, -0.25) is 0 Å². The predicted octanol–water partition coefficient (Wildman–Crippen LogP) is 4.13. The SMILES string of the molecule is Cc1cc(OCC2(CS)CCC2)ccc1Cl. The van der Waals surface area contributed by atoms with Gasteiger partial charge in [-0.2, -0.15) is 12.6 Å². The van der Waals surface area contributed by atoms with Crippen molar-refractivity contribution in [2.24, 2.45) is 5.41 Å². The largest absolute Gasteiger partial charge is 0.493 e. The van der Waals surface area contributed by atoms with Crippen molar-refractivity contribution in [3.8, 4) is 5.75 Å². The summed E-state index contributed by atoms with van der Waals surface area (Å²) < 4.78 is 5.83. The lowest BCUT2D eigenvalue weighted by Crippen LogP contribution is -2.37. The van der Waals surface area contributed by atoms with Crippen molar-refractivity contribution in [1.82, 2.24) is 0 Å². The predicted molar refractivity (Wildman–Crippen MR) is 71.8 cm³/mol. The van der Waals surface area contributed by atoms with Gasteiger partial charge in [-0.25, -0.2) is 0 Å². The summed E-state index contributed by atoms with van der Waals surface area (Å²) in [7, 11) is 0. The van der Waals surface area contributed by atoms with Crippen LogP contribution in [0.15, 0.2) is 18.2 Å². The first-order valence-electron chi connectivity index (χ1n) is 5.65. The summed E-state index contributed by atoms with van der Waals surface area (Å²) in [6.07, 6.45) is 3.79. The van der Waals surface area contributed by atoms with Crippen LogP contribution in [0.3, 0.4) is 0 Å². The zero-order valence-electron chi connectivity index (χ0n) is 9.50. The molecule has 2 rings (SSSR count). The molecule has 0 atom stereocenters. The highest BCUT2D eigenvalue weighted by molar-refractivity contribution is 7.80. The van der Waals surface area contributed by atoms with Crippen molar-refractivity contribution in [2.75, 3.05) is 12.4 Å². The normalized spacial score (nSPS) is 17.9. The van der Waals surface area contributed by atoms with E-state index in [0.29, 0.717) is 5.41 Å². The summed E-state index contributed by atoms with van der Waals surface area (Å²) >= 11 is 10.4. The Labute approximate surface area is 108 Å². The second-order valence-electron chi connectivity index (χ2n) is 4.71. The lowest BCUT2D eigenvalue weighted by Gasteiger charge is -2.40. The van der Waals surface area contributed by atoms with Crippen LogP contribution >= 0.6 is 24.2 Å². The Morgan fingerprint density at radius 2 is 2.19 bits per heavy atom. The molecular formula is C13H17ClOS. The Kier molecular flexibility index (Phi) is 3.70. The highest BCUT2D eigenvalue weighted by atomic mass is 35.5. The first-order valence-corrected chi connectivity index (χ1v) is 6.66. The Morgan fingerprint density at radius 3 is 2.69 bits per heavy atom. The molecule has 0 aliphatic heterocycles. The summed E-state index contributed by atoms with van der Waals surface area (Å²) in [4.78, 5) is 0. The number of rotatable bonds is 4. The molecule has 0 heterocycles. The van der Waals surface area contributed by atoms with Gasteiger partial charge in [-0.1, -0.05) is 18.0 Å². The van der Waals surface area contributed by atoms with Crippen LogP contribution in [0.1, 0.15) is 24.8 Å². The molecule has 0 spiro atoms. The topological polar surface area (TPSA) is 9.23 Å². The van der Waals surface area contributed by atoms with E-state index in [1.54, 1.807) is 0 Å². The van der Waals surface area contributed by atoms with Crippen LogP contribution in [-0.4, -0.2) is 12.4 Å². The van der Waals surface area contributed by atoms with Gasteiger partial charge in [0, 0.05) is 10.4 Å². The molecule has 1 aromatic rings. The zero-order chi connectivity index (χ0) is 11.6. The average Bonchev–Trinajstić information content (AvgIpc) is 2.22. The number of ether oxygens (including phenoxy) is 1. The summed E-state index contributed by atoms with van der Waals surface area (Å²) in [6, 6.07) is 5.81. The van der Waals surface area contributed by atoms with Gasteiger partial charge in [0.05, 0.1) is 6.61 Å². The standard InChI is InChI=1S/C13H17ClOS/c1-10-7-11(3-4-12(10)14)15-8-13(9-16)5-2-6-13/h3-4,7,16H,2,5-6,8-9H2,1H3. The lowest BCUT2D eigenvalue weighted by molar-refractivity contribution is 0.0829. The molecular weight excluding hydrogens is 240 g/mol. The number of hydrogen-bond acceptors (Lipinski definition) is 2. The molecule has 16 heavy (non-hydrogen) atoms. The summed E-state index contributed by atoms with van der Waals surface area (Å²) in [5.74, 6) is 1.83. The van der Waals surface area contributed by atoms with Gasteiger partial charge in [0.1, 0.15) is 5.75 Å². The van der Waals surface area contributed by atoms with E-state index in [4.69, 9.17) is 16.3 Å². The quantitative estimate of drug-likeness (QED) is 0.797. The van der Waals surface area contributed by atoms with Crippen LogP contribution in [-0.2, 0) is 0 Å². The number of halogens is 1. The number of thiol groups is 1. The Morgan fingerprint density at radius 1 is 1.44 bits per heavy atom. The Hall–Kier alpha value is -0.340. The minimum atomic E-state index is 0.316. The number of aryl methyl sites for hydroxylation is 1. The minimum absolute atomic E-state index is 0.316. The summed E-state index contributed by atoms with van der Waals surface area (Å²) in [5, 5.41) is 0.792. The minimum Gasteiger partial charge on any atom is -0.493 e. The third kappa shape index (κ3) is 2.49. The van der Waals surface area contributed by atoms with E-state index in [1.807, 2.05) is 25.1 Å². The molecule has 0 bridgehead atoms. The van der Waals surface area contributed by atoms with E-state index in [9.17, 15) is 0 Å². The summed E-state index contributed by atoms with van der Waals surface area (Å²) in [5.41, 5.74) is 1.38. The van der Waals surface area contributed by atoms with E-state index in [2.05, 4.69) is 12.6 Å².